The Labute approximate surface area is 164 Å². The molecule has 0 amide bonds. The van der Waals surface area contributed by atoms with Gasteiger partial charge in [0.05, 0.1) is 6.54 Å². The van der Waals surface area contributed by atoms with E-state index in [1.807, 2.05) is 0 Å². The molecule has 1 aromatic rings. The third kappa shape index (κ3) is 7.38. The Morgan fingerprint density at radius 1 is 1.17 bits per heavy atom. The highest BCUT2D eigenvalue weighted by atomic mass is 127. The van der Waals surface area contributed by atoms with Crippen LogP contribution in [0.2, 0.25) is 0 Å². The normalized spacial score (nSPS) is 22.0. The minimum Gasteiger partial charge on any atom is -0.370 e. The molecule has 0 aromatic heterocycles. The summed E-state index contributed by atoms with van der Waals surface area (Å²) < 4.78 is 0. The first-order valence-electron chi connectivity index (χ1n) is 8.90. The van der Waals surface area contributed by atoms with Crippen molar-refractivity contribution >= 4 is 29.9 Å². The van der Waals surface area contributed by atoms with Crippen molar-refractivity contribution in [2.24, 2.45) is 22.6 Å². The number of piperidine rings is 1. The molecule has 1 aliphatic heterocycles. The van der Waals surface area contributed by atoms with E-state index in [-0.39, 0.29) is 24.0 Å². The molecule has 1 heterocycles. The number of likely N-dealkylation sites (tertiary alicyclic amines) is 1. The third-order valence-corrected chi connectivity index (χ3v) is 4.36. The van der Waals surface area contributed by atoms with Gasteiger partial charge in [-0.2, -0.15) is 0 Å². The predicted molar refractivity (Wildman–Crippen MR) is 114 cm³/mol. The van der Waals surface area contributed by atoms with Crippen LogP contribution in [0.25, 0.3) is 0 Å². The van der Waals surface area contributed by atoms with Crippen LogP contribution in [-0.2, 0) is 13.1 Å². The van der Waals surface area contributed by atoms with Crippen LogP contribution in [0.1, 0.15) is 44.7 Å². The minimum absolute atomic E-state index is 0. The SMILES string of the molecule is CCCNC(N)=NCc1ccc(CN2CC(C)CC(C)C2)cc1.I. The number of aliphatic imine (C=N–C) groups is 1. The molecule has 0 bridgehead atoms. The number of rotatable bonds is 6. The molecular weight excluding hydrogens is 411 g/mol. The quantitative estimate of drug-likeness (QED) is 0.401. The summed E-state index contributed by atoms with van der Waals surface area (Å²) in [5.74, 6) is 2.16. The summed E-state index contributed by atoms with van der Waals surface area (Å²) in [6.07, 6.45) is 2.42. The van der Waals surface area contributed by atoms with Crippen molar-refractivity contribution < 1.29 is 0 Å². The summed E-state index contributed by atoms with van der Waals surface area (Å²) in [6.45, 7) is 11.8. The first kappa shape index (κ1) is 21.2. The summed E-state index contributed by atoms with van der Waals surface area (Å²) in [5.41, 5.74) is 8.41. The summed E-state index contributed by atoms with van der Waals surface area (Å²) in [7, 11) is 0. The van der Waals surface area contributed by atoms with Crippen molar-refractivity contribution in [3.05, 3.63) is 35.4 Å². The number of nitrogens with zero attached hydrogens (tertiary/aromatic N) is 2. The molecule has 5 heteroatoms. The molecule has 136 valence electrons. The van der Waals surface area contributed by atoms with Gasteiger partial charge in [-0.3, -0.25) is 4.90 Å². The summed E-state index contributed by atoms with van der Waals surface area (Å²) in [5, 5.41) is 3.10. The van der Waals surface area contributed by atoms with Crippen LogP contribution in [0.15, 0.2) is 29.3 Å². The fourth-order valence-electron chi connectivity index (χ4n) is 3.41. The number of nitrogens with one attached hydrogen (secondary N) is 1. The number of nitrogens with two attached hydrogens (primary N) is 1. The standard InChI is InChI=1S/C19H32N4.HI/c1-4-9-21-19(20)22-11-17-5-7-18(8-6-17)14-23-12-15(2)10-16(3)13-23;/h5-8,15-16H,4,9-14H2,1-3H3,(H3,20,21,22);1H. The van der Waals surface area contributed by atoms with Crippen molar-refractivity contribution in [3.8, 4) is 0 Å². The molecule has 0 aliphatic carbocycles. The zero-order valence-electron chi connectivity index (χ0n) is 15.3. The number of guanidine groups is 1. The van der Waals surface area contributed by atoms with Gasteiger partial charge in [0.2, 0.25) is 0 Å². The molecule has 4 nitrogen and oxygen atoms in total. The maximum absolute atomic E-state index is 5.82. The first-order chi connectivity index (χ1) is 11.1. The van der Waals surface area contributed by atoms with E-state index in [0.717, 1.165) is 31.3 Å². The van der Waals surface area contributed by atoms with E-state index >= 15 is 0 Å². The number of halogens is 1. The van der Waals surface area contributed by atoms with E-state index in [0.29, 0.717) is 12.5 Å². The predicted octanol–water partition coefficient (Wildman–Crippen LogP) is 3.60. The number of hydrogen-bond donors (Lipinski definition) is 2. The zero-order valence-corrected chi connectivity index (χ0v) is 17.6. The van der Waals surface area contributed by atoms with Gasteiger partial charge in [-0.25, -0.2) is 4.99 Å². The smallest absolute Gasteiger partial charge is 0.188 e. The largest absolute Gasteiger partial charge is 0.370 e. The second kappa shape index (κ2) is 10.9. The van der Waals surface area contributed by atoms with Crippen molar-refractivity contribution in [2.45, 2.75) is 46.7 Å². The maximum Gasteiger partial charge on any atom is 0.188 e. The molecule has 0 spiro atoms. The van der Waals surface area contributed by atoms with E-state index in [4.69, 9.17) is 5.73 Å². The summed E-state index contributed by atoms with van der Waals surface area (Å²) >= 11 is 0. The van der Waals surface area contributed by atoms with Crippen molar-refractivity contribution in [3.63, 3.8) is 0 Å². The molecule has 0 saturated carbocycles. The van der Waals surface area contributed by atoms with Gasteiger partial charge in [0.1, 0.15) is 0 Å². The summed E-state index contributed by atoms with van der Waals surface area (Å²) in [4.78, 5) is 6.95. The van der Waals surface area contributed by atoms with Crippen LogP contribution in [-0.4, -0.2) is 30.5 Å². The zero-order chi connectivity index (χ0) is 16.7. The van der Waals surface area contributed by atoms with Crippen molar-refractivity contribution in [1.29, 1.82) is 0 Å². The molecule has 2 atom stereocenters. The van der Waals surface area contributed by atoms with Gasteiger partial charge in [0.15, 0.2) is 5.96 Å². The minimum atomic E-state index is 0. The van der Waals surface area contributed by atoms with Crippen molar-refractivity contribution in [1.82, 2.24) is 10.2 Å². The van der Waals surface area contributed by atoms with Gasteiger partial charge in [0.25, 0.3) is 0 Å². The van der Waals surface area contributed by atoms with E-state index in [9.17, 15) is 0 Å². The molecule has 1 fully saturated rings. The van der Waals surface area contributed by atoms with Gasteiger partial charge in [-0.15, -0.1) is 24.0 Å². The Bertz CT molecular complexity index is 491. The van der Waals surface area contributed by atoms with Gasteiger partial charge < -0.3 is 11.1 Å². The Balaban J connectivity index is 0.00000288. The molecular formula is C19H33IN4. The molecule has 2 rings (SSSR count). The first-order valence-corrected chi connectivity index (χ1v) is 8.90. The van der Waals surface area contributed by atoms with E-state index in [1.165, 1.54) is 30.6 Å². The molecule has 1 aromatic carbocycles. The fraction of sp³-hybridized carbons (Fsp3) is 0.632. The highest BCUT2D eigenvalue weighted by molar-refractivity contribution is 14.0. The molecule has 1 aliphatic rings. The van der Waals surface area contributed by atoms with Crippen molar-refractivity contribution in [2.75, 3.05) is 19.6 Å². The Kier molecular flexibility index (Phi) is 9.66. The average molecular weight is 444 g/mol. The second-order valence-corrected chi connectivity index (χ2v) is 7.08. The van der Waals surface area contributed by atoms with Crippen LogP contribution >= 0.6 is 24.0 Å². The van der Waals surface area contributed by atoms with Crippen LogP contribution in [0.5, 0.6) is 0 Å². The van der Waals surface area contributed by atoms with Crippen LogP contribution in [0.4, 0.5) is 0 Å². The highest BCUT2D eigenvalue weighted by Gasteiger charge is 2.21. The maximum atomic E-state index is 5.82. The average Bonchev–Trinajstić information content (AvgIpc) is 2.51. The van der Waals surface area contributed by atoms with Crippen LogP contribution in [0, 0.1) is 11.8 Å². The monoisotopic (exact) mass is 444 g/mol. The van der Waals surface area contributed by atoms with Crippen LogP contribution in [0.3, 0.4) is 0 Å². The Morgan fingerprint density at radius 2 is 1.75 bits per heavy atom. The van der Waals surface area contributed by atoms with Gasteiger partial charge in [-0.1, -0.05) is 45.0 Å². The number of benzene rings is 1. The molecule has 2 unspecified atom stereocenters. The van der Waals surface area contributed by atoms with E-state index in [2.05, 4.69) is 60.2 Å². The lowest BCUT2D eigenvalue weighted by atomic mass is 9.91. The second-order valence-electron chi connectivity index (χ2n) is 7.08. The number of hydrogen-bond acceptors (Lipinski definition) is 2. The summed E-state index contributed by atoms with van der Waals surface area (Å²) in [6, 6.07) is 8.79. The molecule has 24 heavy (non-hydrogen) atoms. The van der Waals surface area contributed by atoms with E-state index < -0.39 is 0 Å². The lowest BCUT2D eigenvalue weighted by Crippen LogP contribution is -2.38. The van der Waals surface area contributed by atoms with E-state index in [1.54, 1.807) is 0 Å². The topological polar surface area (TPSA) is 53.6 Å². The fourth-order valence-corrected chi connectivity index (χ4v) is 3.41. The Hall–Kier alpha value is -0.820. The van der Waals surface area contributed by atoms with Gasteiger partial charge in [-0.05, 0) is 35.8 Å². The lowest BCUT2D eigenvalue weighted by molar-refractivity contribution is 0.134. The highest BCUT2D eigenvalue weighted by Crippen LogP contribution is 2.22. The molecule has 0 radical (unpaired) electrons. The van der Waals surface area contributed by atoms with Gasteiger partial charge >= 0.3 is 0 Å². The molecule has 3 N–H and O–H groups in total. The van der Waals surface area contributed by atoms with Crippen LogP contribution < -0.4 is 11.1 Å². The lowest BCUT2D eigenvalue weighted by Gasteiger charge is -2.35. The molecule has 1 saturated heterocycles. The van der Waals surface area contributed by atoms with Gasteiger partial charge in [0, 0.05) is 26.2 Å². The Morgan fingerprint density at radius 3 is 2.33 bits per heavy atom. The third-order valence-electron chi connectivity index (χ3n) is 4.36.